The van der Waals surface area contributed by atoms with Crippen molar-refractivity contribution >= 4 is 57.5 Å². The number of benzene rings is 2. The standard InChI is InChI=1S/C15H15ClN3PS2/c1-19-14-6-4-3-5-13(14)15(18-20(19,21)22-2)17-12-9-7-11(16)8-10-12/h3-10H,1-2H3,(H,17,18,21). The van der Waals surface area contributed by atoms with Gasteiger partial charge in [0, 0.05) is 23.3 Å². The number of nitrogens with one attached hydrogen (secondary N) is 1. The Kier molecular flexibility index (Phi) is 4.51. The van der Waals surface area contributed by atoms with Crippen molar-refractivity contribution in [2.24, 2.45) is 4.76 Å². The maximum atomic E-state index is 5.94. The number of halogens is 1. The fourth-order valence-electron chi connectivity index (χ4n) is 2.27. The first-order valence-electron chi connectivity index (χ1n) is 6.66. The van der Waals surface area contributed by atoms with Crippen LogP contribution in [0.1, 0.15) is 5.56 Å². The van der Waals surface area contributed by atoms with Crippen LogP contribution < -0.4 is 9.99 Å². The fraction of sp³-hybridized carbons (Fsp3) is 0.133. The summed E-state index contributed by atoms with van der Waals surface area (Å²) >= 11 is 13.4. The molecular formula is C15H15ClN3PS2. The average molecular weight is 368 g/mol. The third-order valence-corrected chi connectivity index (χ3v) is 10.3. The number of hydrogen-bond donors (Lipinski definition) is 1. The molecule has 0 bridgehead atoms. The largest absolute Gasteiger partial charge is 0.340 e. The van der Waals surface area contributed by atoms with E-state index in [0.717, 1.165) is 22.8 Å². The second kappa shape index (κ2) is 6.25. The highest BCUT2D eigenvalue weighted by molar-refractivity contribution is 8.70. The second-order valence-electron chi connectivity index (χ2n) is 4.79. The smallest absolute Gasteiger partial charge is 0.199 e. The number of para-hydroxylation sites is 1. The average Bonchev–Trinajstić information content (AvgIpc) is 2.54. The van der Waals surface area contributed by atoms with Gasteiger partial charge in [-0.2, -0.15) is 0 Å². The third-order valence-electron chi connectivity index (χ3n) is 3.46. The van der Waals surface area contributed by atoms with Gasteiger partial charge in [-0.15, -0.1) is 0 Å². The Labute approximate surface area is 144 Å². The summed E-state index contributed by atoms with van der Waals surface area (Å²) in [6.45, 7) is 0. The summed E-state index contributed by atoms with van der Waals surface area (Å²) in [7, 11) is 2.03. The lowest BCUT2D eigenvalue weighted by Crippen LogP contribution is -2.24. The number of hydrogen-bond acceptors (Lipinski definition) is 3. The maximum Gasteiger partial charge on any atom is 0.199 e. The Morgan fingerprint density at radius 1 is 1.18 bits per heavy atom. The van der Waals surface area contributed by atoms with Crippen LogP contribution in [0.25, 0.3) is 0 Å². The summed E-state index contributed by atoms with van der Waals surface area (Å²) in [6.07, 6.45) is 2.02. The van der Waals surface area contributed by atoms with E-state index in [-0.39, 0.29) is 0 Å². The molecule has 0 saturated heterocycles. The molecule has 0 saturated carbocycles. The van der Waals surface area contributed by atoms with Crippen molar-refractivity contribution in [2.45, 2.75) is 0 Å². The summed E-state index contributed by atoms with van der Waals surface area (Å²) in [5.41, 5.74) is 1.09. The monoisotopic (exact) mass is 367 g/mol. The van der Waals surface area contributed by atoms with Crippen LogP contribution in [0, 0.1) is 0 Å². The van der Waals surface area contributed by atoms with E-state index in [1.807, 2.05) is 49.7 Å². The third kappa shape index (κ3) is 2.91. The minimum absolute atomic E-state index is 0.713. The van der Waals surface area contributed by atoms with Crippen molar-refractivity contribution in [3.8, 4) is 0 Å². The summed E-state index contributed by atoms with van der Waals surface area (Å²) in [5.74, 6) is 0.828. The predicted octanol–water partition coefficient (Wildman–Crippen LogP) is 5.24. The van der Waals surface area contributed by atoms with Crippen molar-refractivity contribution in [2.75, 3.05) is 23.3 Å². The van der Waals surface area contributed by atoms with Crippen LogP contribution in [0.4, 0.5) is 11.4 Å². The topological polar surface area (TPSA) is 27.6 Å². The molecule has 0 aliphatic carbocycles. The number of fused-ring (bicyclic) bond motifs is 1. The summed E-state index contributed by atoms with van der Waals surface area (Å²) in [5, 5.41) is 4.10. The molecule has 2 aromatic carbocycles. The zero-order valence-electron chi connectivity index (χ0n) is 12.2. The first-order valence-corrected chi connectivity index (χ1v) is 11.6. The molecule has 1 atom stereocenters. The van der Waals surface area contributed by atoms with Crippen molar-refractivity contribution in [1.82, 2.24) is 0 Å². The Hall–Kier alpha value is -1.00. The van der Waals surface area contributed by atoms with Crippen molar-refractivity contribution in [1.29, 1.82) is 0 Å². The van der Waals surface area contributed by atoms with E-state index in [1.54, 1.807) is 11.4 Å². The van der Waals surface area contributed by atoms with Crippen molar-refractivity contribution in [3.05, 3.63) is 59.1 Å². The summed E-state index contributed by atoms with van der Waals surface area (Å²) < 4.78 is 6.99. The van der Waals surface area contributed by atoms with Crippen LogP contribution in [0.15, 0.2) is 53.3 Å². The number of nitrogens with zero attached hydrogens (tertiary/aromatic N) is 2. The molecule has 1 unspecified atom stereocenters. The summed E-state index contributed by atoms with van der Waals surface area (Å²) in [6, 6.07) is 15.8. The van der Waals surface area contributed by atoms with Gasteiger partial charge < -0.3 is 9.99 Å². The van der Waals surface area contributed by atoms with Gasteiger partial charge >= 0.3 is 0 Å². The zero-order valence-corrected chi connectivity index (χ0v) is 15.4. The molecule has 3 rings (SSSR count). The molecule has 22 heavy (non-hydrogen) atoms. The normalized spacial score (nSPS) is 20.3. The first-order chi connectivity index (χ1) is 10.5. The van der Waals surface area contributed by atoms with Gasteiger partial charge in [0.15, 0.2) is 5.54 Å². The van der Waals surface area contributed by atoms with Crippen molar-refractivity contribution < 1.29 is 0 Å². The predicted molar refractivity (Wildman–Crippen MR) is 104 cm³/mol. The highest BCUT2D eigenvalue weighted by atomic mass is 35.5. The van der Waals surface area contributed by atoms with Crippen LogP contribution >= 0.6 is 28.5 Å². The second-order valence-corrected chi connectivity index (χ2v) is 12.2. The van der Waals surface area contributed by atoms with Gasteiger partial charge in [0.2, 0.25) is 0 Å². The molecule has 0 amide bonds. The molecule has 0 fully saturated rings. The highest BCUT2D eigenvalue weighted by Crippen LogP contribution is 2.65. The Morgan fingerprint density at radius 3 is 2.55 bits per heavy atom. The Morgan fingerprint density at radius 2 is 1.86 bits per heavy atom. The van der Waals surface area contributed by atoms with Gasteiger partial charge in [0.25, 0.3) is 0 Å². The lowest BCUT2D eigenvalue weighted by Gasteiger charge is -2.35. The molecular weight excluding hydrogens is 353 g/mol. The van der Waals surface area contributed by atoms with Gasteiger partial charge in [-0.05, 0) is 54.5 Å². The summed E-state index contributed by atoms with van der Waals surface area (Å²) in [4.78, 5) is 0. The molecule has 0 radical (unpaired) electrons. The lowest BCUT2D eigenvalue weighted by molar-refractivity contribution is 1.30. The van der Waals surface area contributed by atoms with Crippen LogP contribution in [-0.4, -0.2) is 19.1 Å². The SMILES string of the molecule is CSP1(=S)N=C(Nc2ccc(Cl)cc2)c2ccccc2N1C. The molecule has 0 aromatic heterocycles. The minimum Gasteiger partial charge on any atom is -0.340 e. The van der Waals surface area contributed by atoms with E-state index < -0.39 is 5.54 Å². The van der Waals surface area contributed by atoms with E-state index in [2.05, 4.69) is 22.1 Å². The molecule has 7 heteroatoms. The molecule has 2 aromatic rings. The zero-order chi connectivity index (χ0) is 15.7. The lowest BCUT2D eigenvalue weighted by atomic mass is 10.1. The van der Waals surface area contributed by atoms with Gasteiger partial charge in [-0.25, -0.2) is 4.76 Å². The van der Waals surface area contributed by atoms with Gasteiger partial charge in [-0.3, -0.25) is 0 Å². The van der Waals surface area contributed by atoms with Crippen LogP contribution in [0.3, 0.4) is 0 Å². The van der Waals surface area contributed by atoms with Crippen molar-refractivity contribution in [3.63, 3.8) is 0 Å². The van der Waals surface area contributed by atoms with Crippen LogP contribution in [0.2, 0.25) is 5.02 Å². The van der Waals surface area contributed by atoms with E-state index >= 15 is 0 Å². The fourth-order valence-corrected chi connectivity index (χ4v) is 5.71. The molecule has 3 nitrogen and oxygen atoms in total. The molecule has 1 aliphatic rings. The Balaban J connectivity index is 2.06. The maximum absolute atomic E-state index is 5.94. The molecule has 1 N–H and O–H groups in total. The molecule has 0 spiro atoms. The number of amidine groups is 1. The Bertz CT molecular complexity index is 777. The van der Waals surface area contributed by atoms with E-state index in [9.17, 15) is 0 Å². The van der Waals surface area contributed by atoms with Gasteiger partial charge in [0.05, 0.1) is 5.69 Å². The van der Waals surface area contributed by atoms with E-state index in [1.165, 1.54) is 0 Å². The van der Waals surface area contributed by atoms with E-state index in [4.69, 9.17) is 28.2 Å². The van der Waals surface area contributed by atoms with Gasteiger partial charge in [0.1, 0.15) is 5.84 Å². The molecule has 1 aliphatic heterocycles. The van der Waals surface area contributed by atoms with Crippen LogP contribution in [-0.2, 0) is 11.8 Å². The number of rotatable bonds is 2. The molecule has 1 heterocycles. The van der Waals surface area contributed by atoms with E-state index in [0.29, 0.717) is 5.02 Å². The number of anilines is 2. The minimum atomic E-state index is -2.04. The quantitative estimate of drug-likeness (QED) is 0.735. The van der Waals surface area contributed by atoms with Crippen LogP contribution in [0.5, 0.6) is 0 Å². The van der Waals surface area contributed by atoms with Gasteiger partial charge in [-0.1, -0.05) is 35.1 Å². The first kappa shape index (κ1) is 15.9. The highest BCUT2D eigenvalue weighted by Gasteiger charge is 2.30. The molecule has 114 valence electrons.